The highest BCUT2D eigenvalue weighted by atomic mass is 16.5. The van der Waals surface area contributed by atoms with Crippen molar-refractivity contribution in [2.75, 3.05) is 27.2 Å². The van der Waals surface area contributed by atoms with Gasteiger partial charge >= 0.3 is 5.97 Å². The fraction of sp³-hybridized carbons (Fsp3) is 0.929. The van der Waals surface area contributed by atoms with Gasteiger partial charge in [-0.2, -0.15) is 0 Å². The first-order valence-corrected chi connectivity index (χ1v) is 6.88. The summed E-state index contributed by atoms with van der Waals surface area (Å²) in [5.74, 6) is -0.175. The Morgan fingerprint density at radius 3 is 2.61 bits per heavy atom. The summed E-state index contributed by atoms with van der Waals surface area (Å²) in [5, 5.41) is 3.08. The van der Waals surface area contributed by atoms with Gasteiger partial charge in [-0.15, -0.1) is 0 Å². The second-order valence-corrected chi connectivity index (χ2v) is 6.08. The summed E-state index contributed by atoms with van der Waals surface area (Å²) in [6, 6.07) is 0. The van der Waals surface area contributed by atoms with Gasteiger partial charge in [0.05, 0.1) is 7.11 Å². The lowest BCUT2D eigenvalue weighted by Crippen LogP contribution is -2.49. The number of nitrogens with zero attached hydrogens (tertiary/aromatic N) is 1. The van der Waals surface area contributed by atoms with Crippen LogP contribution < -0.4 is 5.32 Å². The molecule has 0 aromatic carbocycles. The normalized spacial score (nSPS) is 22.7. The van der Waals surface area contributed by atoms with Crippen molar-refractivity contribution in [1.29, 1.82) is 0 Å². The SMILES string of the molecule is CNC(C)(CCCN1CCCC1(C)C)C(=O)OC. The summed E-state index contributed by atoms with van der Waals surface area (Å²) in [6.07, 6.45) is 4.37. The number of methoxy groups -OCH3 is 1. The van der Waals surface area contributed by atoms with E-state index in [0.717, 1.165) is 19.4 Å². The van der Waals surface area contributed by atoms with Crippen LogP contribution in [0.2, 0.25) is 0 Å². The molecule has 0 spiro atoms. The van der Waals surface area contributed by atoms with E-state index < -0.39 is 5.54 Å². The van der Waals surface area contributed by atoms with Crippen LogP contribution in [0.5, 0.6) is 0 Å². The number of esters is 1. The van der Waals surface area contributed by atoms with Crippen LogP contribution in [0.1, 0.15) is 46.5 Å². The molecule has 1 atom stereocenters. The van der Waals surface area contributed by atoms with Crippen molar-refractivity contribution in [3.8, 4) is 0 Å². The zero-order valence-corrected chi connectivity index (χ0v) is 12.5. The van der Waals surface area contributed by atoms with Crippen LogP contribution >= 0.6 is 0 Å². The van der Waals surface area contributed by atoms with Crippen LogP contribution in [0.25, 0.3) is 0 Å². The number of carbonyl (C=O) groups is 1. The second kappa shape index (κ2) is 6.02. The summed E-state index contributed by atoms with van der Waals surface area (Å²) >= 11 is 0. The number of carbonyl (C=O) groups excluding carboxylic acids is 1. The van der Waals surface area contributed by atoms with Gasteiger partial charge in [0, 0.05) is 5.54 Å². The number of likely N-dealkylation sites (N-methyl/N-ethyl adjacent to an activating group) is 1. The fourth-order valence-electron chi connectivity index (χ4n) is 2.76. The zero-order valence-electron chi connectivity index (χ0n) is 12.5. The Balaban J connectivity index is 2.43. The van der Waals surface area contributed by atoms with Crippen molar-refractivity contribution in [3.63, 3.8) is 0 Å². The lowest BCUT2D eigenvalue weighted by Gasteiger charge is -2.33. The fourth-order valence-corrected chi connectivity index (χ4v) is 2.76. The third-order valence-electron chi connectivity index (χ3n) is 4.37. The molecule has 0 aromatic heterocycles. The number of hydrogen-bond donors (Lipinski definition) is 1. The molecule has 0 radical (unpaired) electrons. The highest BCUT2D eigenvalue weighted by Crippen LogP contribution is 2.28. The third-order valence-corrected chi connectivity index (χ3v) is 4.37. The summed E-state index contributed by atoms with van der Waals surface area (Å²) in [4.78, 5) is 14.2. The Hall–Kier alpha value is -0.610. The predicted molar refractivity (Wildman–Crippen MR) is 73.6 cm³/mol. The van der Waals surface area contributed by atoms with E-state index in [2.05, 4.69) is 24.1 Å². The molecule has 4 nitrogen and oxygen atoms in total. The maximum Gasteiger partial charge on any atom is 0.325 e. The van der Waals surface area contributed by atoms with Gasteiger partial charge in [-0.25, -0.2) is 0 Å². The van der Waals surface area contributed by atoms with E-state index in [1.54, 1.807) is 0 Å². The zero-order chi connectivity index (χ0) is 13.8. The van der Waals surface area contributed by atoms with E-state index in [-0.39, 0.29) is 5.97 Å². The Labute approximate surface area is 111 Å². The van der Waals surface area contributed by atoms with Gasteiger partial charge in [-0.1, -0.05) is 0 Å². The van der Waals surface area contributed by atoms with Crippen molar-refractivity contribution in [2.24, 2.45) is 0 Å². The van der Waals surface area contributed by atoms with Crippen molar-refractivity contribution >= 4 is 5.97 Å². The van der Waals surface area contributed by atoms with E-state index in [0.29, 0.717) is 5.54 Å². The van der Waals surface area contributed by atoms with Gasteiger partial charge in [-0.3, -0.25) is 9.69 Å². The van der Waals surface area contributed by atoms with E-state index in [1.165, 1.54) is 26.5 Å². The first-order chi connectivity index (χ1) is 8.35. The minimum absolute atomic E-state index is 0.175. The Morgan fingerprint density at radius 1 is 1.50 bits per heavy atom. The topological polar surface area (TPSA) is 41.6 Å². The number of rotatable bonds is 6. The van der Waals surface area contributed by atoms with Crippen LogP contribution in [0.4, 0.5) is 0 Å². The Bertz CT molecular complexity index is 292. The number of nitrogens with one attached hydrogen (secondary N) is 1. The highest BCUT2D eigenvalue weighted by molar-refractivity contribution is 5.80. The molecule has 106 valence electrons. The largest absolute Gasteiger partial charge is 0.468 e. The van der Waals surface area contributed by atoms with E-state index in [1.807, 2.05) is 14.0 Å². The third kappa shape index (κ3) is 3.45. The van der Waals surface area contributed by atoms with Gasteiger partial charge in [0.15, 0.2) is 0 Å². The molecule has 0 aliphatic carbocycles. The molecule has 1 heterocycles. The molecule has 0 aromatic rings. The minimum Gasteiger partial charge on any atom is -0.468 e. The molecule has 1 fully saturated rings. The van der Waals surface area contributed by atoms with Crippen LogP contribution in [-0.4, -0.2) is 49.2 Å². The van der Waals surface area contributed by atoms with Crippen LogP contribution in [-0.2, 0) is 9.53 Å². The van der Waals surface area contributed by atoms with Crippen LogP contribution in [0.3, 0.4) is 0 Å². The molecule has 1 N–H and O–H groups in total. The number of hydrogen-bond acceptors (Lipinski definition) is 4. The lowest BCUT2D eigenvalue weighted by atomic mass is 9.95. The maximum atomic E-state index is 11.7. The summed E-state index contributed by atoms with van der Waals surface area (Å²) in [6.45, 7) is 8.76. The maximum absolute atomic E-state index is 11.7. The molecule has 4 heteroatoms. The molecule has 1 aliphatic heterocycles. The Morgan fingerprint density at radius 2 is 2.17 bits per heavy atom. The summed E-state index contributed by atoms with van der Waals surface area (Å²) in [7, 11) is 3.26. The molecule has 1 rings (SSSR count). The average molecular weight is 256 g/mol. The van der Waals surface area contributed by atoms with Gasteiger partial charge < -0.3 is 10.1 Å². The van der Waals surface area contributed by atoms with E-state index >= 15 is 0 Å². The summed E-state index contributed by atoms with van der Waals surface area (Å²) in [5.41, 5.74) is -0.236. The average Bonchev–Trinajstić information content (AvgIpc) is 2.67. The molecule has 1 saturated heterocycles. The first kappa shape index (κ1) is 15.4. The standard InChI is InChI=1S/C14H28N2O2/c1-13(2)8-6-10-16(13)11-7-9-14(3,15-4)12(17)18-5/h15H,6-11H2,1-5H3. The van der Waals surface area contributed by atoms with Gasteiger partial charge in [-0.05, 0) is 66.6 Å². The number of likely N-dealkylation sites (tertiary alicyclic amines) is 1. The van der Waals surface area contributed by atoms with Crippen molar-refractivity contribution in [3.05, 3.63) is 0 Å². The molecule has 18 heavy (non-hydrogen) atoms. The van der Waals surface area contributed by atoms with Crippen LogP contribution in [0.15, 0.2) is 0 Å². The quantitative estimate of drug-likeness (QED) is 0.736. The molecule has 1 unspecified atom stereocenters. The first-order valence-electron chi connectivity index (χ1n) is 6.88. The molecule has 0 amide bonds. The monoisotopic (exact) mass is 256 g/mol. The van der Waals surface area contributed by atoms with Crippen LogP contribution in [0, 0.1) is 0 Å². The van der Waals surface area contributed by atoms with Crippen molar-refractivity contribution < 1.29 is 9.53 Å². The molecular weight excluding hydrogens is 228 g/mol. The second-order valence-electron chi connectivity index (χ2n) is 6.08. The van der Waals surface area contributed by atoms with Gasteiger partial charge in [0.2, 0.25) is 0 Å². The smallest absolute Gasteiger partial charge is 0.325 e. The minimum atomic E-state index is -0.557. The number of ether oxygens (including phenoxy) is 1. The highest BCUT2D eigenvalue weighted by Gasteiger charge is 2.34. The lowest BCUT2D eigenvalue weighted by molar-refractivity contribution is -0.148. The Kier molecular flexibility index (Phi) is 5.17. The molecule has 0 bridgehead atoms. The molecule has 1 aliphatic rings. The van der Waals surface area contributed by atoms with Gasteiger partial charge in [0.25, 0.3) is 0 Å². The van der Waals surface area contributed by atoms with E-state index in [9.17, 15) is 4.79 Å². The van der Waals surface area contributed by atoms with Crippen molar-refractivity contribution in [2.45, 2.75) is 57.5 Å². The van der Waals surface area contributed by atoms with E-state index in [4.69, 9.17) is 4.74 Å². The summed E-state index contributed by atoms with van der Waals surface area (Å²) < 4.78 is 4.85. The molecule has 0 saturated carbocycles. The molecular formula is C14H28N2O2. The van der Waals surface area contributed by atoms with Crippen molar-refractivity contribution in [1.82, 2.24) is 10.2 Å². The van der Waals surface area contributed by atoms with Gasteiger partial charge in [0.1, 0.15) is 5.54 Å². The predicted octanol–water partition coefficient (Wildman–Crippen LogP) is 1.79.